The monoisotopic (exact) mass is 502 g/mol. The molecule has 1 N–H and O–H groups in total. The maximum Gasteiger partial charge on any atom is 0.259 e. The molecule has 2 heterocycles. The highest BCUT2D eigenvalue weighted by atomic mass is 35.5. The fourth-order valence-electron chi connectivity index (χ4n) is 4.09. The molecule has 0 radical (unpaired) electrons. The topological polar surface area (TPSA) is 74.1 Å². The second kappa shape index (κ2) is 10.1. The third kappa shape index (κ3) is 4.88. The fraction of sp³-hybridized carbons (Fsp3) is 0.185. The van der Waals surface area contributed by atoms with E-state index in [4.69, 9.17) is 21.6 Å². The van der Waals surface area contributed by atoms with Gasteiger partial charge in [0, 0.05) is 22.7 Å². The number of carbonyl (C=O) groups excluding carboxylic acids is 2. The molecular weight excluding hydrogens is 480 g/mol. The minimum absolute atomic E-state index is 0.130. The Kier molecular flexibility index (Phi) is 6.70. The normalized spacial score (nSPS) is 17.3. The van der Waals surface area contributed by atoms with Crippen molar-refractivity contribution in [3.8, 4) is 0 Å². The highest BCUT2D eigenvalue weighted by Crippen LogP contribution is 2.36. The first-order valence-electron chi connectivity index (χ1n) is 11.4. The number of anilines is 1. The smallest absolute Gasteiger partial charge is 0.259 e. The molecule has 6 nitrogen and oxygen atoms in total. The first-order valence-corrected chi connectivity index (χ1v) is 12.7. The number of amidine groups is 2. The van der Waals surface area contributed by atoms with Gasteiger partial charge in [-0.1, -0.05) is 78.8 Å². The van der Waals surface area contributed by atoms with Gasteiger partial charge in [0.05, 0.1) is 10.9 Å². The molecule has 5 rings (SSSR count). The Labute approximate surface area is 213 Å². The summed E-state index contributed by atoms with van der Waals surface area (Å²) in [5, 5.41) is 3.48. The molecule has 2 amide bonds. The second-order valence-corrected chi connectivity index (χ2v) is 9.86. The Morgan fingerprint density at radius 3 is 2.63 bits per heavy atom. The van der Waals surface area contributed by atoms with Gasteiger partial charge in [-0.15, -0.1) is 0 Å². The van der Waals surface area contributed by atoms with Crippen molar-refractivity contribution in [3.63, 3.8) is 0 Å². The lowest BCUT2D eigenvalue weighted by molar-refractivity contribution is -0.124. The maximum atomic E-state index is 13.5. The second-order valence-electron chi connectivity index (χ2n) is 8.26. The highest BCUT2D eigenvalue weighted by Gasteiger charge is 2.42. The summed E-state index contributed by atoms with van der Waals surface area (Å²) in [7, 11) is 0. The van der Waals surface area contributed by atoms with Crippen molar-refractivity contribution in [3.05, 3.63) is 95.0 Å². The van der Waals surface area contributed by atoms with E-state index in [-0.39, 0.29) is 11.8 Å². The van der Waals surface area contributed by atoms with E-state index in [0.29, 0.717) is 34.6 Å². The van der Waals surface area contributed by atoms with E-state index in [1.807, 2.05) is 61.5 Å². The maximum absolute atomic E-state index is 13.5. The van der Waals surface area contributed by atoms with Crippen LogP contribution in [0.3, 0.4) is 0 Å². The van der Waals surface area contributed by atoms with E-state index >= 15 is 0 Å². The Morgan fingerprint density at radius 1 is 1.09 bits per heavy atom. The average molecular weight is 503 g/mol. The Morgan fingerprint density at radius 2 is 1.86 bits per heavy atom. The molecule has 0 aliphatic carbocycles. The molecule has 0 saturated carbocycles. The van der Waals surface area contributed by atoms with E-state index in [1.165, 1.54) is 11.8 Å². The molecule has 0 aromatic heterocycles. The third-order valence-electron chi connectivity index (χ3n) is 5.82. The SMILES string of the molecule is CC[C@@H](SC1=Nc2ccccc2C2=N[C@@H](Cc3ccccc3)C(=O)N12)C(=O)Nc1cccc(Cl)c1. The van der Waals surface area contributed by atoms with E-state index in [0.717, 1.165) is 16.8 Å². The first kappa shape index (κ1) is 23.3. The Bertz CT molecular complexity index is 1340. The van der Waals surface area contributed by atoms with Crippen molar-refractivity contribution in [1.82, 2.24) is 4.90 Å². The van der Waals surface area contributed by atoms with Crippen molar-refractivity contribution in [2.75, 3.05) is 5.32 Å². The Hall–Kier alpha value is -3.42. The number of aliphatic imine (C=N–C) groups is 2. The van der Waals surface area contributed by atoms with Crippen LogP contribution in [-0.4, -0.2) is 39.0 Å². The molecule has 0 saturated heterocycles. The number of rotatable bonds is 6. The van der Waals surface area contributed by atoms with Crippen LogP contribution in [0, 0.1) is 0 Å². The first-order chi connectivity index (χ1) is 17.0. The lowest BCUT2D eigenvalue weighted by Gasteiger charge is -2.27. The van der Waals surface area contributed by atoms with Crippen LogP contribution < -0.4 is 5.32 Å². The molecule has 0 spiro atoms. The molecule has 2 atom stereocenters. The van der Waals surface area contributed by atoms with Gasteiger partial charge in [0.1, 0.15) is 11.9 Å². The van der Waals surface area contributed by atoms with Crippen molar-refractivity contribution in [2.24, 2.45) is 9.98 Å². The lowest BCUT2D eigenvalue weighted by atomic mass is 10.1. The summed E-state index contributed by atoms with van der Waals surface area (Å²) in [6.45, 7) is 1.94. The number of hydrogen-bond donors (Lipinski definition) is 1. The minimum Gasteiger partial charge on any atom is -0.325 e. The number of fused-ring (bicyclic) bond motifs is 3. The van der Waals surface area contributed by atoms with Gasteiger partial charge < -0.3 is 5.32 Å². The van der Waals surface area contributed by atoms with E-state index in [1.54, 1.807) is 29.2 Å². The molecule has 0 fully saturated rings. The van der Waals surface area contributed by atoms with Crippen LogP contribution in [0.4, 0.5) is 11.4 Å². The molecule has 8 heteroatoms. The van der Waals surface area contributed by atoms with Crippen LogP contribution in [0.1, 0.15) is 24.5 Å². The van der Waals surface area contributed by atoms with Gasteiger partial charge in [-0.2, -0.15) is 0 Å². The van der Waals surface area contributed by atoms with Crippen LogP contribution in [0.15, 0.2) is 88.8 Å². The van der Waals surface area contributed by atoms with E-state index < -0.39 is 11.3 Å². The van der Waals surface area contributed by atoms with Crippen LogP contribution >= 0.6 is 23.4 Å². The summed E-state index contributed by atoms with van der Waals surface area (Å²) >= 11 is 7.34. The van der Waals surface area contributed by atoms with Crippen molar-refractivity contribution < 1.29 is 9.59 Å². The summed E-state index contributed by atoms with van der Waals surface area (Å²) in [6, 6.07) is 24.0. The third-order valence-corrected chi connectivity index (χ3v) is 7.37. The number of para-hydroxylation sites is 1. The molecule has 2 aliphatic rings. The molecule has 35 heavy (non-hydrogen) atoms. The largest absolute Gasteiger partial charge is 0.325 e. The van der Waals surface area contributed by atoms with Crippen LogP contribution in [0.5, 0.6) is 0 Å². The van der Waals surface area contributed by atoms with Crippen LogP contribution in [0.25, 0.3) is 0 Å². The Balaban J connectivity index is 1.42. The zero-order valence-electron chi connectivity index (χ0n) is 19.0. The number of nitrogens with one attached hydrogen (secondary N) is 1. The van der Waals surface area contributed by atoms with Crippen molar-refractivity contribution >= 4 is 57.6 Å². The van der Waals surface area contributed by atoms with Gasteiger partial charge in [-0.25, -0.2) is 9.89 Å². The number of thioether (sulfide) groups is 1. The zero-order chi connectivity index (χ0) is 24.4. The predicted molar refractivity (Wildman–Crippen MR) is 143 cm³/mol. The number of halogens is 1. The lowest BCUT2D eigenvalue weighted by Crippen LogP contribution is -2.42. The van der Waals surface area contributed by atoms with E-state index in [9.17, 15) is 9.59 Å². The summed E-state index contributed by atoms with van der Waals surface area (Å²) in [4.78, 5) is 37.8. The van der Waals surface area contributed by atoms with E-state index in [2.05, 4.69) is 5.32 Å². The number of benzene rings is 3. The van der Waals surface area contributed by atoms with Gasteiger partial charge in [0.25, 0.3) is 5.91 Å². The molecular formula is C27H23ClN4O2S. The van der Waals surface area contributed by atoms with Crippen LogP contribution in [-0.2, 0) is 16.0 Å². The van der Waals surface area contributed by atoms with Gasteiger partial charge >= 0.3 is 0 Å². The van der Waals surface area contributed by atoms with Gasteiger partial charge in [0.2, 0.25) is 5.91 Å². The number of nitrogens with zero attached hydrogens (tertiary/aromatic N) is 3. The molecule has 176 valence electrons. The van der Waals surface area contributed by atoms with Crippen LogP contribution in [0.2, 0.25) is 5.02 Å². The predicted octanol–water partition coefficient (Wildman–Crippen LogP) is 5.69. The molecule has 2 aliphatic heterocycles. The summed E-state index contributed by atoms with van der Waals surface area (Å²) < 4.78 is 0. The number of carbonyl (C=O) groups is 2. The summed E-state index contributed by atoms with van der Waals surface area (Å²) in [5.41, 5.74) is 3.22. The molecule has 3 aromatic carbocycles. The standard InChI is InChI=1S/C27H23ClN4O2S/c1-2-23(25(33)29-19-12-8-11-18(28)16-19)35-27-31-21-14-7-6-13-20(21)24-30-22(26(34)32(24)27)15-17-9-4-3-5-10-17/h3-14,16,22-23H,2,15H2,1H3,(H,29,33)/t22-,23+/m0/s1. The van der Waals surface area contributed by atoms with Crippen molar-refractivity contribution in [2.45, 2.75) is 31.1 Å². The quantitative estimate of drug-likeness (QED) is 0.470. The summed E-state index contributed by atoms with van der Waals surface area (Å²) in [6.07, 6.45) is 1.06. The average Bonchev–Trinajstić information content (AvgIpc) is 3.19. The highest BCUT2D eigenvalue weighted by molar-refractivity contribution is 8.15. The fourth-order valence-corrected chi connectivity index (χ4v) is 5.30. The molecule has 3 aromatic rings. The molecule has 0 bridgehead atoms. The van der Waals surface area contributed by atoms with Crippen molar-refractivity contribution in [1.29, 1.82) is 0 Å². The summed E-state index contributed by atoms with van der Waals surface area (Å²) in [5.74, 6) is 0.288. The molecule has 0 unspecified atom stereocenters. The zero-order valence-corrected chi connectivity index (χ0v) is 20.6. The number of hydrogen-bond acceptors (Lipinski definition) is 5. The van der Waals surface area contributed by atoms with Gasteiger partial charge in [-0.3, -0.25) is 14.6 Å². The minimum atomic E-state index is -0.537. The van der Waals surface area contributed by atoms with Gasteiger partial charge in [0.15, 0.2) is 5.17 Å². The van der Waals surface area contributed by atoms with Gasteiger partial charge in [-0.05, 0) is 42.3 Å². The number of amides is 2.